The number of aromatic amines is 1. The van der Waals surface area contributed by atoms with Crippen molar-refractivity contribution >= 4 is 28.4 Å². The fourth-order valence-electron chi connectivity index (χ4n) is 6.75. The molecule has 5 heterocycles. The van der Waals surface area contributed by atoms with Crippen molar-refractivity contribution in [1.29, 1.82) is 0 Å². The number of rotatable bonds is 7. The van der Waals surface area contributed by atoms with Gasteiger partial charge in [0.2, 0.25) is 11.8 Å². The first kappa shape index (κ1) is 30.3. The Bertz CT molecular complexity index is 1960. The Morgan fingerprint density at radius 3 is 2.51 bits per heavy atom. The standard InChI is InChI=1S/C37H36N8O2/c1-3-37(36(47)41-30-9-10-32-31(22-30)34(43-42-32)29-11-17-38-25(2)21-29)14-20-44(24-37)23-33(46)45-18-12-27(13-19-45)26-5-7-28(8-6-26)35-39-15-4-16-40-35/h1,4-11,15-17,21-22,27H,12-14,18-20,23-24H2,2H3,(H,41,47)(H,42,43). The van der Waals surface area contributed by atoms with Crippen molar-refractivity contribution < 1.29 is 9.59 Å². The number of hydrogen-bond donors (Lipinski definition) is 2. The second-order valence-corrected chi connectivity index (χ2v) is 12.5. The van der Waals surface area contributed by atoms with Crippen LogP contribution < -0.4 is 5.32 Å². The van der Waals surface area contributed by atoms with Crippen LogP contribution in [0.15, 0.2) is 79.3 Å². The number of terminal acetylenes is 1. The zero-order chi connectivity index (χ0) is 32.4. The molecule has 0 spiro atoms. The summed E-state index contributed by atoms with van der Waals surface area (Å²) in [6.45, 7) is 4.53. The van der Waals surface area contributed by atoms with Crippen molar-refractivity contribution in [2.45, 2.75) is 32.1 Å². The lowest BCUT2D eigenvalue weighted by molar-refractivity contribution is -0.133. The first-order chi connectivity index (χ1) is 22.9. The lowest BCUT2D eigenvalue weighted by Gasteiger charge is -2.33. The lowest BCUT2D eigenvalue weighted by Crippen LogP contribution is -2.44. The summed E-state index contributed by atoms with van der Waals surface area (Å²) in [5.74, 6) is 3.75. The van der Waals surface area contributed by atoms with Gasteiger partial charge < -0.3 is 10.2 Å². The molecule has 0 aliphatic carbocycles. The summed E-state index contributed by atoms with van der Waals surface area (Å²) < 4.78 is 0. The predicted octanol–water partition coefficient (Wildman–Crippen LogP) is 5.06. The number of aromatic nitrogens is 5. The fraction of sp³-hybridized carbons (Fsp3) is 0.297. The van der Waals surface area contributed by atoms with Crippen LogP contribution in [0.2, 0.25) is 0 Å². The minimum atomic E-state index is -1.01. The Labute approximate surface area is 273 Å². The minimum absolute atomic E-state index is 0.0811. The topological polar surface area (TPSA) is 120 Å². The fourth-order valence-corrected chi connectivity index (χ4v) is 6.75. The number of piperidine rings is 1. The van der Waals surface area contributed by atoms with Crippen molar-refractivity contribution in [3.05, 3.63) is 90.5 Å². The Morgan fingerprint density at radius 1 is 0.979 bits per heavy atom. The molecular formula is C37H36N8O2. The average Bonchev–Trinajstić information content (AvgIpc) is 3.73. The number of hydrogen-bond acceptors (Lipinski definition) is 7. The molecule has 3 aromatic heterocycles. The first-order valence-electron chi connectivity index (χ1n) is 16.0. The number of nitrogens with zero attached hydrogens (tertiary/aromatic N) is 6. The van der Waals surface area contributed by atoms with Crippen molar-refractivity contribution in [1.82, 2.24) is 34.9 Å². The zero-order valence-electron chi connectivity index (χ0n) is 26.3. The molecule has 2 N–H and O–H groups in total. The molecule has 0 bridgehead atoms. The van der Waals surface area contributed by atoms with Gasteiger partial charge in [0.05, 0.1) is 12.1 Å². The molecule has 2 aromatic carbocycles. The summed E-state index contributed by atoms with van der Waals surface area (Å²) in [4.78, 5) is 43.9. The Morgan fingerprint density at radius 2 is 1.77 bits per heavy atom. The van der Waals surface area contributed by atoms with Crippen LogP contribution >= 0.6 is 0 Å². The number of H-pyrrole nitrogens is 1. The van der Waals surface area contributed by atoms with Gasteiger partial charge in [-0.05, 0) is 74.1 Å². The van der Waals surface area contributed by atoms with E-state index in [0.29, 0.717) is 50.0 Å². The van der Waals surface area contributed by atoms with Gasteiger partial charge in [-0.1, -0.05) is 30.2 Å². The number of nitrogens with one attached hydrogen (secondary N) is 2. The van der Waals surface area contributed by atoms with E-state index in [1.165, 1.54) is 5.56 Å². The molecule has 2 aliphatic rings. The maximum absolute atomic E-state index is 13.6. The van der Waals surface area contributed by atoms with E-state index in [-0.39, 0.29) is 18.4 Å². The Kier molecular flexibility index (Phi) is 8.23. The highest BCUT2D eigenvalue weighted by Crippen LogP contribution is 2.34. The number of carbonyl (C=O) groups excluding carboxylic acids is 2. The van der Waals surface area contributed by atoms with Crippen molar-refractivity contribution in [2.24, 2.45) is 5.41 Å². The molecule has 236 valence electrons. The van der Waals surface area contributed by atoms with Gasteiger partial charge in [0.1, 0.15) is 11.1 Å². The quantitative estimate of drug-likeness (QED) is 0.243. The normalized spacial score (nSPS) is 18.7. The summed E-state index contributed by atoms with van der Waals surface area (Å²) in [5, 5.41) is 11.5. The number of anilines is 1. The van der Waals surface area contributed by atoms with E-state index in [4.69, 9.17) is 6.42 Å². The molecule has 2 saturated heterocycles. The Hall–Kier alpha value is -5.40. The van der Waals surface area contributed by atoms with Gasteiger partial charge in [-0.15, -0.1) is 6.42 Å². The first-order valence-corrected chi connectivity index (χ1v) is 16.0. The minimum Gasteiger partial charge on any atom is -0.342 e. The lowest BCUT2D eigenvalue weighted by atomic mass is 9.87. The van der Waals surface area contributed by atoms with Gasteiger partial charge in [-0.2, -0.15) is 5.10 Å². The molecule has 0 radical (unpaired) electrons. The summed E-state index contributed by atoms with van der Waals surface area (Å²) in [6.07, 6.45) is 13.6. The van der Waals surface area contributed by atoms with Gasteiger partial charge in [-0.3, -0.25) is 24.6 Å². The summed E-state index contributed by atoms with van der Waals surface area (Å²) in [5.41, 5.74) is 5.40. The molecule has 7 rings (SSSR count). The van der Waals surface area contributed by atoms with E-state index in [2.05, 4.69) is 60.7 Å². The zero-order valence-corrected chi connectivity index (χ0v) is 26.3. The number of likely N-dealkylation sites (tertiary alicyclic amines) is 2. The molecule has 1 unspecified atom stereocenters. The second kappa shape index (κ2) is 12.8. The highest BCUT2D eigenvalue weighted by molar-refractivity contribution is 6.01. The maximum atomic E-state index is 13.6. The van der Waals surface area contributed by atoms with Crippen LogP contribution in [0.1, 0.15) is 36.4 Å². The third-order valence-corrected chi connectivity index (χ3v) is 9.46. The van der Waals surface area contributed by atoms with E-state index >= 15 is 0 Å². The average molecular weight is 625 g/mol. The summed E-state index contributed by atoms with van der Waals surface area (Å²) in [7, 11) is 0. The van der Waals surface area contributed by atoms with Crippen molar-refractivity contribution in [3.8, 4) is 35.0 Å². The molecule has 2 fully saturated rings. The van der Waals surface area contributed by atoms with Crippen LogP contribution in [-0.2, 0) is 9.59 Å². The molecular weight excluding hydrogens is 588 g/mol. The van der Waals surface area contributed by atoms with Gasteiger partial charge >= 0.3 is 0 Å². The van der Waals surface area contributed by atoms with Crippen LogP contribution in [0.3, 0.4) is 0 Å². The van der Waals surface area contributed by atoms with Crippen molar-refractivity contribution in [2.75, 3.05) is 38.0 Å². The van der Waals surface area contributed by atoms with Crippen LogP contribution in [-0.4, -0.2) is 79.5 Å². The SMILES string of the molecule is C#CC1(C(=O)Nc2ccc3[nH]nc(-c4ccnc(C)c4)c3c2)CCN(CC(=O)N2CCC(c3ccc(-c4ncccn4)cc3)CC2)C1. The van der Waals surface area contributed by atoms with Gasteiger partial charge in [0.15, 0.2) is 5.82 Å². The number of pyridine rings is 1. The number of carbonyl (C=O) groups is 2. The molecule has 2 aliphatic heterocycles. The summed E-state index contributed by atoms with van der Waals surface area (Å²) in [6, 6.07) is 19.8. The molecule has 10 nitrogen and oxygen atoms in total. The van der Waals surface area contributed by atoms with Gasteiger partial charge in [-0.25, -0.2) is 9.97 Å². The predicted molar refractivity (Wildman–Crippen MR) is 181 cm³/mol. The van der Waals surface area contributed by atoms with E-state index in [9.17, 15) is 9.59 Å². The second-order valence-electron chi connectivity index (χ2n) is 12.5. The van der Waals surface area contributed by atoms with Gasteiger partial charge in [0.25, 0.3) is 0 Å². The van der Waals surface area contributed by atoms with Crippen LogP contribution in [0.4, 0.5) is 5.69 Å². The molecule has 1 atom stereocenters. The third-order valence-electron chi connectivity index (χ3n) is 9.46. The largest absolute Gasteiger partial charge is 0.342 e. The number of amides is 2. The molecule has 47 heavy (non-hydrogen) atoms. The molecule has 2 amide bonds. The van der Waals surface area contributed by atoms with E-state index in [1.54, 1.807) is 18.6 Å². The molecule has 0 saturated carbocycles. The third kappa shape index (κ3) is 6.22. The van der Waals surface area contributed by atoms with E-state index < -0.39 is 5.41 Å². The van der Waals surface area contributed by atoms with Gasteiger partial charge in [0, 0.05) is 72.7 Å². The van der Waals surface area contributed by atoms with E-state index in [0.717, 1.165) is 46.3 Å². The van der Waals surface area contributed by atoms with Crippen molar-refractivity contribution in [3.63, 3.8) is 0 Å². The van der Waals surface area contributed by atoms with Crippen LogP contribution in [0.5, 0.6) is 0 Å². The van der Waals surface area contributed by atoms with E-state index in [1.807, 2.05) is 53.1 Å². The molecule has 10 heteroatoms. The smallest absolute Gasteiger partial charge is 0.244 e. The summed E-state index contributed by atoms with van der Waals surface area (Å²) >= 11 is 0. The number of aryl methyl sites for hydroxylation is 1. The van der Waals surface area contributed by atoms with Crippen LogP contribution in [0, 0.1) is 24.7 Å². The monoisotopic (exact) mass is 624 g/mol. The maximum Gasteiger partial charge on any atom is 0.244 e. The molecule has 5 aromatic rings. The van der Waals surface area contributed by atoms with Crippen LogP contribution in [0.25, 0.3) is 33.5 Å². The number of benzene rings is 2. The Balaban J connectivity index is 0.944. The number of fused-ring (bicyclic) bond motifs is 1. The highest BCUT2D eigenvalue weighted by atomic mass is 16.2. The highest BCUT2D eigenvalue weighted by Gasteiger charge is 2.44.